The number of nitrogens with one attached hydrogen (secondary N) is 1. The Morgan fingerprint density at radius 1 is 0.389 bits per heavy atom. The molecular weight excluding hydrogens is 1400 g/mol. The van der Waals surface area contributed by atoms with E-state index in [9.17, 15) is 5.11 Å². The second kappa shape index (κ2) is 26.5. The van der Waals surface area contributed by atoms with Crippen LogP contribution in [-0.4, -0.2) is 67.9 Å². The number of halogens is 4. The Bertz CT molecular complexity index is 5980. The van der Waals surface area contributed by atoms with Crippen LogP contribution in [0.15, 0.2) is 300 Å². The molecule has 0 radical (unpaired) electrons. The molecule has 95 heavy (non-hydrogen) atoms. The van der Waals surface area contributed by atoms with Gasteiger partial charge < -0.3 is 14.8 Å². The fraction of sp³-hybridized carbons (Fsp3) is 0. The molecule has 15 aromatic heterocycles. The predicted molar refractivity (Wildman–Crippen MR) is 391 cm³/mol. The molecule has 19 aromatic rings. The van der Waals surface area contributed by atoms with Crippen molar-refractivity contribution in [2.24, 2.45) is 0 Å². The molecule has 0 saturated heterocycles. The lowest BCUT2D eigenvalue weighted by molar-refractivity contribution is 0.466. The smallest absolute Gasteiger partial charge is 0.219 e. The second-order valence-electron chi connectivity index (χ2n) is 21.6. The van der Waals surface area contributed by atoms with Gasteiger partial charge in [0.05, 0.1) is 60.5 Å². The Morgan fingerprint density at radius 2 is 0.916 bits per heavy atom. The number of hydrogen-bond donors (Lipinski definition) is 2. The number of benzene rings is 4. The van der Waals surface area contributed by atoms with Crippen molar-refractivity contribution in [2.75, 3.05) is 0 Å². The summed E-state index contributed by atoms with van der Waals surface area (Å²) in [4.78, 5) is 38.9. The molecular formula is C76H49Br3ClN13O2. The molecule has 2 N–H and O–H groups in total. The molecule has 0 spiro atoms. The van der Waals surface area contributed by atoms with Crippen LogP contribution >= 0.6 is 59.4 Å². The third kappa shape index (κ3) is 12.0. The minimum atomic E-state index is 0.262. The van der Waals surface area contributed by atoms with E-state index in [1.807, 2.05) is 165 Å². The molecule has 0 fully saturated rings. The molecule has 0 unspecified atom stereocenters. The number of phenols is 1. The highest BCUT2D eigenvalue weighted by molar-refractivity contribution is 9.11. The lowest BCUT2D eigenvalue weighted by Crippen LogP contribution is -1.97. The van der Waals surface area contributed by atoms with Gasteiger partial charge in [0.2, 0.25) is 5.88 Å². The van der Waals surface area contributed by atoms with Crippen LogP contribution in [0.4, 0.5) is 0 Å². The molecule has 0 aliphatic rings. The number of para-hydroxylation sites is 2. The van der Waals surface area contributed by atoms with Crippen LogP contribution in [0.5, 0.6) is 17.4 Å². The van der Waals surface area contributed by atoms with Crippen LogP contribution in [-0.2, 0) is 0 Å². The maximum Gasteiger partial charge on any atom is 0.219 e. The van der Waals surface area contributed by atoms with Crippen LogP contribution in [0.3, 0.4) is 0 Å². The van der Waals surface area contributed by atoms with Crippen LogP contribution in [0.1, 0.15) is 0 Å². The number of nitrogens with zero attached hydrogens (tertiary/aromatic N) is 12. The number of aromatic hydroxyl groups is 1. The third-order valence-corrected chi connectivity index (χ3v) is 18.0. The molecule has 19 rings (SSSR count). The van der Waals surface area contributed by atoms with Crippen LogP contribution < -0.4 is 4.74 Å². The van der Waals surface area contributed by atoms with Crippen molar-refractivity contribution in [3.63, 3.8) is 0 Å². The van der Waals surface area contributed by atoms with Gasteiger partial charge in [-0.15, -0.1) is 0 Å². The van der Waals surface area contributed by atoms with E-state index < -0.39 is 0 Å². The van der Waals surface area contributed by atoms with Gasteiger partial charge in [0.15, 0.2) is 0 Å². The number of fused-ring (bicyclic) bond motifs is 18. The Kier molecular flexibility index (Phi) is 16.7. The average molecular weight is 1450 g/mol. The Morgan fingerprint density at radius 3 is 1.51 bits per heavy atom. The highest BCUT2D eigenvalue weighted by atomic mass is 79.9. The van der Waals surface area contributed by atoms with Crippen LogP contribution in [0, 0.1) is 0 Å². The first kappa shape index (κ1) is 60.1. The number of pyridine rings is 10. The van der Waals surface area contributed by atoms with E-state index in [-0.39, 0.29) is 5.75 Å². The summed E-state index contributed by atoms with van der Waals surface area (Å²) in [5.74, 6) is 3.24. The van der Waals surface area contributed by atoms with Crippen LogP contribution in [0.25, 0.3) is 122 Å². The molecule has 0 amide bonds. The van der Waals surface area contributed by atoms with Crippen molar-refractivity contribution in [1.82, 2.24) is 62.8 Å². The van der Waals surface area contributed by atoms with Gasteiger partial charge in [-0.25, -0.2) is 39.9 Å². The van der Waals surface area contributed by atoms with Crippen molar-refractivity contribution in [2.45, 2.75) is 0 Å². The lowest BCUT2D eigenvalue weighted by Gasteiger charge is -2.11. The van der Waals surface area contributed by atoms with Crippen molar-refractivity contribution in [3.8, 4) is 40.4 Å². The van der Waals surface area contributed by atoms with Crippen molar-refractivity contribution >= 4 is 158 Å². The number of H-pyrrole nitrogens is 1. The van der Waals surface area contributed by atoms with E-state index in [1.54, 1.807) is 36.7 Å². The fourth-order valence-electron chi connectivity index (χ4n) is 11.8. The number of aromatic amines is 1. The van der Waals surface area contributed by atoms with Gasteiger partial charge in [0, 0.05) is 111 Å². The molecule has 0 atom stereocenters. The minimum absolute atomic E-state index is 0.262. The van der Waals surface area contributed by atoms with Gasteiger partial charge in [0.1, 0.15) is 48.2 Å². The quantitative estimate of drug-likeness (QED) is 0.125. The highest BCUT2D eigenvalue weighted by Gasteiger charge is 2.17. The molecule has 15 heterocycles. The summed E-state index contributed by atoms with van der Waals surface area (Å²) >= 11 is 15.5. The summed E-state index contributed by atoms with van der Waals surface area (Å²) < 4.78 is 17.2. The number of rotatable bonds is 5. The van der Waals surface area contributed by atoms with E-state index in [4.69, 9.17) is 21.3 Å². The van der Waals surface area contributed by atoms with Gasteiger partial charge in [0.25, 0.3) is 0 Å². The topological polar surface area (TPSA) is 167 Å². The van der Waals surface area contributed by atoms with E-state index in [2.05, 4.69) is 191 Å². The average Bonchev–Trinajstić information content (AvgIpc) is 1.75. The zero-order valence-corrected chi connectivity index (χ0v) is 55.4. The molecule has 0 aliphatic heterocycles. The van der Waals surface area contributed by atoms with E-state index in [0.717, 1.165) is 125 Å². The Labute approximate surface area is 571 Å². The summed E-state index contributed by atoms with van der Waals surface area (Å²) in [6, 6.07) is 77.6. The first-order chi connectivity index (χ1) is 46.7. The first-order valence-electron chi connectivity index (χ1n) is 29.9. The SMILES string of the molecule is Brc1ccc2c3cccnc3n3cccc3c2n1.Brc1cccc(-c2ccc[nH]2)n1.Clc1cccnc1Br.Oc1ccc2c3ccccc3n(-c3ccccn3)c2c1.c1ccc(-n2c3ccccc3c3ccc(Oc4ccc5c6cccnc6n6cccc6c5n4)cc32)nc1. The maximum absolute atomic E-state index is 9.79. The van der Waals surface area contributed by atoms with Gasteiger partial charge in [-0.1, -0.05) is 66.2 Å². The molecule has 0 aliphatic carbocycles. The fourth-order valence-corrected chi connectivity index (χ4v) is 12.9. The summed E-state index contributed by atoms with van der Waals surface area (Å²) in [7, 11) is 0. The summed E-state index contributed by atoms with van der Waals surface area (Å²) in [5.41, 5.74) is 12.0. The standard InChI is InChI=1S/C31H19N5O.C17H12N2O.C14H8BrN3.C9H7BrN2.C5H3BrClN/c1-2-9-25-21(7-1)22-13-12-20(19-27(22)36(25)28-11-3-4-16-32-28)37-29-15-14-23-24-8-5-17-33-31(24)35-18-6-10-26(35)30(23)34-29;20-12-8-9-14-13-5-1-2-6-15(13)19(16(14)11-12)17-7-3-4-10-18-17;15-12-6-5-9-10-3-1-7-16-14(10)18-8-2-4-11(18)13(9)17-12;10-9-5-1-3-8(12-9)7-4-2-6-11-7;6-5-4(7)2-1-3-8-5/h1-19H;1-11,20H;1-8H;1-6,11H;1-3H. The van der Waals surface area contributed by atoms with Gasteiger partial charge in [-0.2, -0.15) is 0 Å². The lowest BCUT2D eigenvalue weighted by atomic mass is 10.1. The first-order valence-corrected chi connectivity index (χ1v) is 32.7. The second-order valence-corrected chi connectivity index (χ2v) is 24.4. The molecule has 458 valence electrons. The number of phenolic OH excluding ortho intramolecular Hbond substituents is 1. The summed E-state index contributed by atoms with van der Waals surface area (Å²) in [6.07, 6.45) is 14.8. The molecule has 0 bridgehead atoms. The van der Waals surface area contributed by atoms with Crippen molar-refractivity contribution < 1.29 is 9.84 Å². The maximum atomic E-state index is 9.79. The summed E-state index contributed by atoms with van der Waals surface area (Å²) in [5, 5.41) is 19.4. The molecule has 15 nitrogen and oxygen atoms in total. The molecule has 4 aromatic carbocycles. The third-order valence-electron chi connectivity index (χ3n) is 15.9. The van der Waals surface area contributed by atoms with Gasteiger partial charge >= 0.3 is 0 Å². The number of aromatic nitrogens is 13. The van der Waals surface area contributed by atoms with E-state index in [1.165, 1.54) is 5.39 Å². The highest BCUT2D eigenvalue weighted by Crippen LogP contribution is 2.38. The van der Waals surface area contributed by atoms with Gasteiger partial charge in [-0.3, -0.25) is 17.9 Å². The summed E-state index contributed by atoms with van der Waals surface area (Å²) in [6.45, 7) is 0. The van der Waals surface area contributed by atoms with E-state index >= 15 is 0 Å². The van der Waals surface area contributed by atoms with E-state index in [0.29, 0.717) is 21.3 Å². The van der Waals surface area contributed by atoms with Crippen molar-refractivity contribution in [1.29, 1.82) is 0 Å². The predicted octanol–water partition coefficient (Wildman–Crippen LogP) is 20.3. The van der Waals surface area contributed by atoms with Gasteiger partial charge in [-0.05, 0) is 212 Å². The Balaban J connectivity index is 0.000000108. The normalized spacial score (nSPS) is 11.2. The monoisotopic (exact) mass is 1450 g/mol. The number of hydrogen-bond acceptors (Lipinski definition) is 10. The zero-order chi connectivity index (χ0) is 64.4. The number of ether oxygens (including phenoxy) is 1. The molecule has 0 saturated carbocycles. The zero-order valence-electron chi connectivity index (χ0n) is 49.9. The Hall–Kier alpha value is -11.2. The minimum Gasteiger partial charge on any atom is -0.508 e. The van der Waals surface area contributed by atoms with Crippen molar-refractivity contribution in [3.05, 3.63) is 305 Å². The van der Waals surface area contributed by atoms with Crippen LogP contribution in [0.2, 0.25) is 5.02 Å². The molecule has 19 heteroatoms. The largest absolute Gasteiger partial charge is 0.508 e.